The Balaban J connectivity index is 1.96. The molecule has 2 atom stereocenters. The number of benzene rings is 2. The molecule has 1 unspecified atom stereocenters. The smallest absolute Gasteiger partial charge is 0.337 e. The van der Waals surface area contributed by atoms with Crippen molar-refractivity contribution in [2.24, 2.45) is 5.92 Å². The Bertz CT molecular complexity index is 958. The van der Waals surface area contributed by atoms with Crippen molar-refractivity contribution in [2.75, 3.05) is 0 Å². The molecule has 1 aliphatic rings. The Labute approximate surface area is 181 Å². The maximum Gasteiger partial charge on any atom is 0.337 e. The Hall–Kier alpha value is -2.29. The lowest BCUT2D eigenvalue weighted by molar-refractivity contribution is -0.130. The number of hydrogen-bond donors (Lipinski definition) is 2. The van der Waals surface area contributed by atoms with E-state index in [4.69, 9.17) is 0 Å². The average molecular weight is 509 g/mol. The highest BCUT2D eigenvalue weighted by atomic mass is 127. The second-order valence-electron chi connectivity index (χ2n) is 7.29. The number of rotatable bonds is 7. The largest absolute Gasteiger partial charge is 0.478 e. The van der Waals surface area contributed by atoms with E-state index >= 15 is 0 Å². The Morgan fingerprint density at radius 2 is 1.86 bits per heavy atom. The van der Waals surface area contributed by atoms with Crippen molar-refractivity contribution < 1.29 is 23.9 Å². The maximum absolute atomic E-state index is 13.8. The van der Waals surface area contributed by atoms with E-state index in [-0.39, 0.29) is 17.0 Å². The van der Waals surface area contributed by atoms with E-state index in [1.54, 1.807) is 24.3 Å². The lowest BCUT2D eigenvalue weighted by Crippen LogP contribution is -2.40. The standard InChI is InChI=1S/C22H21FINO4/c1-12(26)18(16-9-4-10-17(24)19(16)22(28)29)21(27)25-20(13-5-2-6-13)14-7-3-8-15(23)11-14/h3-4,7-11,13,18,20H,2,5-6H2,1H3,(H,25,27)(H,28,29)/t18?,20-/m0/s1. The van der Waals surface area contributed by atoms with Crippen LogP contribution in [0.1, 0.15) is 59.6 Å². The van der Waals surface area contributed by atoms with Crippen molar-refractivity contribution >= 4 is 40.3 Å². The number of halogens is 2. The summed E-state index contributed by atoms with van der Waals surface area (Å²) in [6.07, 6.45) is 2.83. The van der Waals surface area contributed by atoms with Gasteiger partial charge < -0.3 is 10.4 Å². The molecule has 1 aliphatic carbocycles. The lowest BCUT2D eigenvalue weighted by Gasteiger charge is -2.35. The first kappa shape index (κ1) is 21.4. The van der Waals surface area contributed by atoms with Gasteiger partial charge in [-0.15, -0.1) is 0 Å². The van der Waals surface area contributed by atoms with Gasteiger partial charge >= 0.3 is 5.97 Å². The zero-order valence-electron chi connectivity index (χ0n) is 15.8. The second kappa shape index (κ2) is 9.02. The average Bonchev–Trinajstić information content (AvgIpc) is 2.59. The molecule has 1 fully saturated rings. The van der Waals surface area contributed by atoms with E-state index in [0.717, 1.165) is 19.3 Å². The van der Waals surface area contributed by atoms with Gasteiger partial charge in [0.05, 0.1) is 11.6 Å². The molecule has 2 aromatic carbocycles. The summed E-state index contributed by atoms with van der Waals surface area (Å²) < 4.78 is 14.2. The molecular weight excluding hydrogens is 488 g/mol. The second-order valence-corrected chi connectivity index (χ2v) is 8.45. The monoisotopic (exact) mass is 509 g/mol. The molecule has 0 aromatic heterocycles. The SMILES string of the molecule is CC(=O)C(C(=O)N[C@H](c1cccc(F)c1)C1CCC1)c1cccc(I)c1C(=O)O. The summed E-state index contributed by atoms with van der Waals surface area (Å²) in [5.74, 6) is -3.68. The number of aromatic carboxylic acids is 1. The molecule has 0 spiro atoms. The summed E-state index contributed by atoms with van der Waals surface area (Å²) >= 11 is 1.88. The number of nitrogens with one attached hydrogen (secondary N) is 1. The van der Waals surface area contributed by atoms with Gasteiger partial charge in [0.25, 0.3) is 0 Å². The quantitative estimate of drug-likeness (QED) is 0.427. The van der Waals surface area contributed by atoms with Crippen LogP contribution in [0.15, 0.2) is 42.5 Å². The van der Waals surface area contributed by atoms with Crippen molar-refractivity contribution in [2.45, 2.75) is 38.1 Å². The van der Waals surface area contributed by atoms with Crippen molar-refractivity contribution in [3.63, 3.8) is 0 Å². The maximum atomic E-state index is 13.8. The fraction of sp³-hybridized carbons (Fsp3) is 0.318. The van der Waals surface area contributed by atoms with Gasteiger partial charge in [-0.25, -0.2) is 9.18 Å². The van der Waals surface area contributed by atoms with Crippen LogP contribution in [0.3, 0.4) is 0 Å². The predicted octanol–water partition coefficient (Wildman–Crippen LogP) is 4.46. The third-order valence-corrected chi connectivity index (χ3v) is 6.27. The molecule has 2 N–H and O–H groups in total. The van der Waals surface area contributed by atoms with Crippen LogP contribution in [0.5, 0.6) is 0 Å². The van der Waals surface area contributed by atoms with Gasteiger partial charge in [0.2, 0.25) is 5.91 Å². The molecule has 1 amide bonds. The van der Waals surface area contributed by atoms with E-state index in [9.17, 15) is 23.9 Å². The Kier molecular flexibility index (Phi) is 6.66. The number of carboxylic acid groups (broad SMARTS) is 1. The van der Waals surface area contributed by atoms with Crippen LogP contribution in [-0.4, -0.2) is 22.8 Å². The molecule has 1 saturated carbocycles. The van der Waals surface area contributed by atoms with Crippen molar-refractivity contribution in [1.29, 1.82) is 0 Å². The molecule has 0 aliphatic heterocycles. The highest BCUT2D eigenvalue weighted by Crippen LogP contribution is 2.38. The molecule has 0 saturated heterocycles. The molecular formula is C22H21FINO4. The van der Waals surface area contributed by atoms with Crippen LogP contribution >= 0.6 is 22.6 Å². The minimum absolute atomic E-state index is 0.0469. The molecule has 0 radical (unpaired) electrons. The van der Waals surface area contributed by atoms with Gasteiger partial charge in [0.15, 0.2) is 0 Å². The van der Waals surface area contributed by atoms with Gasteiger partial charge in [0.1, 0.15) is 17.5 Å². The zero-order chi connectivity index (χ0) is 21.1. The number of hydrogen-bond acceptors (Lipinski definition) is 3. The van der Waals surface area contributed by atoms with Crippen LogP contribution in [0.25, 0.3) is 0 Å². The summed E-state index contributed by atoms with van der Waals surface area (Å²) in [6, 6.07) is 10.4. The van der Waals surface area contributed by atoms with E-state index in [0.29, 0.717) is 9.13 Å². The van der Waals surface area contributed by atoms with E-state index < -0.39 is 35.4 Å². The first-order valence-corrected chi connectivity index (χ1v) is 10.5. The van der Waals surface area contributed by atoms with Crippen molar-refractivity contribution in [1.82, 2.24) is 5.32 Å². The van der Waals surface area contributed by atoms with E-state index in [1.165, 1.54) is 25.1 Å². The molecule has 5 nitrogen and oxygen atoms in total. The number of carbonyl (C=O) groups is 3. The Morgan fingerprint density at radius 3 is 2.41 bits per heavy atom. The predicted molar refractivity (Wildman–Crippen MR) is 114 cm³/mol. The van der Waals surface area contributed by atoms with Gasteiger partial charge in [0, 0.05) is 3.57 Å². The Morgan fingerprint density at radius 1 is 1.17 bits per heavy atom. The number of Topliss-reactive ketones (excluding diaryl/α,β-unsaturated/α-hetero) is 1. The normalized spacial score (nSPS) is 15.8. The van der Waals surface area contributed by atoms with E-state index in [2.05, 4.69) is 5.32 Å². The summed E-state index contributed by atoms with van der Waals surface area (Å²) in [6.45, 7) is 1.27. The minimum Gasteiger partial charge on any atom is -0.478 e. The first-order valence-electron chi connectivity index (χ1n) is 9.37. The fourth-order valence-corrected chi connectivity index (χ4v) is 4.48. The minimum atomic E-state index is -1.24. The summed E-state index contributed by atoms with van der Waals surface area (Å²) in [7, 11) is 0. The van der Waals surface area contributed by atoms with Crippen molar-refractivity contribution in [3.8, 4) is 0 Å². The number of ketones is 1. The molecule has 152 valence electrons. The van der Waals surface area contributed by atoms with Crippen LogP contribution in [0.4, 0.5) is 4.39 Å². The van der Waals surface area contributed by atoms with E-state index in [1.807, 2.05) is 22.6 Å². The van der Waals surface area contributed by atoms with Crippen LogP contribution < -0.4 is 5.32 Å². The molecule has 0 heterocycles. The third kappa shape index (κ3) is 4.66. The number of carboxylic acids is 1. The van der Waals surface area contributed by atoms with Gasteiger partial charge in [-0.2, -0.15) is 0 Å². The fourth-order valence-electron chi connectivity index (χ4n) is 3.73. The lowest BCUT2D eigenvalue weighted by atomic mass is 9.76. The highest BCUT2D eigenvalue weighted by Gasteiger charge is 2.35. The molecule has 7 heteroatoms. The highest BCUT2D eigenvalue weighted by molar-refractivity contribution is 14.1. The molecule has 29 heavy (non-hydrogen) atoms. The van der Waals surface area contributed by atoms with Crippen LogP contribution in [0, 0.1) is 15.3 Å². The summed E-state index contributed by atoms with van der Waals surface area (Å²) in [5.41, 5.74) is 0.766. The van der Waals surface area contributed by atoms with Crippen LogP contribution in [-0.2, 0) is 9.59 Å². The van der Waals surface area contributed by atoms with Gasteiger partial charge in [-0.05, 0) is 77.6 Å². The number of amides is 1. The zero-order valence-corrected chi connectivity index (χ0v) is 18.0. The van der Waals surface area contributed by atoms with Crippen LogP contribution in [0.2, 0.25) is 0 Å². The first-order chi connectivity index (χ1) is 13.8. The van der Waals surface area contributed by atoms with Crippen molar-refractivity contribution in [3.05, 3.63) is 68.5 Å². The topological polar surface area (TPSA) is 83.5 Å². The van der Waals surface area contributed by atoms with Gasteiger partial charge in [-0.1, -0.05) is 30.7 Å². The molecule has 3 rings (SSSR count). The summed E-state index contributed by atoms with van der Waals surface area (Å²) in [5, 5.41) is 12.5. The third-order valence-electron chi connectivity index (χ3n) is 5.37. The van der Waals surface area contributed by atoms with Gasteiger partial charge in [-0.3, -0.25) is 9.59 Å². The summed E-state index contributed by atoms with van der Waals surface area (Å²) in [4.78, 5) is 37.3. The molecule has 0 bridgehead atoms. The molecule has 2 aromatic rings. The number of carbonyl (C=O) groups excluding carboxylic acids is 2.